The maximum Gasteiger partial charge on any atom is 0.417 e. The Bertz CT molecular complexity index is 896. The van der Waals surface area contributed by atoms with Gasteiger partial charge in [0.25, 0.3) is 5.91 Å². The van der Waals surface area contributed by atoms with Crippen molar-refractivity contribution in [1.82, 2.24) is 4.72 Å². The number of nitrogens with one attached hydrogen (secondary N) is 1. The van der Waals surface area contributed by atoms with E-state index in [0.717, 1.165) is 18.4 Å². The van der Waals surface area contributed by atoms with Crippen LogP contribution in [0.25, 0.3) is 0 Å². The van der Waals surface area contributed by atoms with Crippen molar-refractivity contribution in [3.63, 3.8) is 0 Å². The summed E-state index contributed by atoms with van der Waals surface area (Å²) in [6, 6.07) is 8.36. The van der Waals surface area contributed by atoms with Crippen LogP contribution >= 0.6 is 11.6 Å². The molecule has 2 rings (SSSR count). The molecule has 0 spiro atoms. The third-order valence-corrected chi connectivity index (χ3v) is 3.84. The first kappa shape index (κ1) is 19.1. The van der Waals surface area contributed by atoms with E-state index < -0.39 is 32.7 Å². The van der Waals surface area contributed by atoms with Crippen molar-refractivity contribution >= 4 is 27.5 Å². The lowest BCUT2D eigenvalue weighted by Gasteiger charge is -2.13. The van der Waals surface area contributed by atoms with E-state index in [9.17, 15) is 26.4 Å². The maximum atomic E-state index is 12.8. The molecule has 0 aliphatic rings. The van der Waals surface area contributed by atoms with Gasteiger partial charge in [-0.3, -0.25) is 4.79 Å². The van der Waals surface area contributed by atoms with Gasteiger partial charge in [-0.1, -0.05) is 17.7 Å². The summed E-state index contributed by atoms with van der Waals surface area (Å²) in [5.74, 6) is -0.923. The first-order valence-corrected chi connectivity index (χ1v) is 8.90. The molecular weight excluding hydrogens is 383 g/mol. The van der Waals surface area contributed by atoms with Gasteiger partial charge in [0, 0.05) is 5.56 Å². The molecule has 0 fully saturated rings. The predicted molar refractivity (Wildman–Crippen MR) is 85.3 cm³/mol. The van der Waals surface area contributed by atoms with Crippen molar-refractivity contribution < 1.29 is 31.1 Å². The van der Waals surface area contributed by atoms with E-state index >= 15 is 0 Å². The standard InChI is InChI=1S/C15H11ClF3NO4S/c1-25(22,23)20-14(21)9-5-7-10(8-6-9)24-12-4-2-3-11(13(12)16)15(17,18)19/h2-8H,1H3,(H,20,21). The van der Waals surface area contributed by atoms with Gasteiger partial charge in [-0.05, 0) is 36.4 Å². The molecule has 10 heteroatoms. The van der Waals surface area contributed by atoms with Gasteiger partial charge in [0.2, 0.25) is 10.0 Å². The van der Waals surface area contributed by atoms with Crippen LogP contribution in [0, 0.1) is 0 Å². The van der Waals surface area contributed by atoms with Gasteiger partial charge in [-0.25, -0.2) is 13.1 Å². The summed E-state index contributed by atoms with van der Waals surface area (Å²) >= 11 is 5.72. The Labute approximate surface area is 146 Å². The quantitative estimate of drug-likeness (QED) is 0.856. The molecular formula is C15H11ClF3NO4S. The van der Waals surface area contributed by atoms with Crippen LogP contribution in [0.4, 0.5) is 13.2 Å². The molecule has 0 unspecified atom stereocenters. The van der Waals surface area contributed by atoms with Gasteiger partial charge in [0.05, 0.1) is 16.8 Å². The number of carbonyl (C=O) groups excluding carboxylic acids is 1. The van der Waals surface area contributed by atoms with Gasteiger partial charge >= 0.3 is 6.18 Å². The van der Waals surface area contributed by atoms with Crippen LogP contribution in [0.5, 0.6) is 11.5 Å². The van der Waals surface area contributed by atoms with Crippen molar-refractivity contribution in [3.05, 3.63) is 58.6 Å². The van der Waals surface area contributed by atoms with Gasteiger partial charge in [0.15, 0.2) is 0 Å². The number of carbonyl (C=O) groups is 1. The molecule has 134 valence electrons. The molecule has 2 aromatic rings. The molecule has 0 aliphatic carbocycles. The minimum atomic E-state index is -4.62. The summed E-state index contributed by atoms with van der Waals surface area (Å²) in [6.45, 7) is 0. The molecule has 1 N–H and O–H groups in total. The van der Waals surface area contributed by atoms with E-state index in [-0.39, 0.29) is 17.1 Å². The van der Waals surface area contributed by atoms with Gasteiger partial charge in [-0.15, -0.1) is 0 Å². The fraction of sp³-hybridized carbons (Fsp3) is 0.133. The number of hydrogen-bond donors (Lipinski definition) is 1. The molecule has 0 saturated heterocycles. The molecule has 0 atom stereocenters. The fourth-order valence-corrected chi connectivity index (χ4v) is 2.56. The van der Waals surface area contributed by atoms with Crippen LogP contribution in [-0.4, -0.2) is 20.6 Å². The lowest BCUT2D eigenvalue weighted by atomic mass is 10.2. The Balaban J connectivity index is 2.21. The number of rotatable bonds is 4. The smallest absolute Gasteiger partial charge is 0.417 e. The molecule has 0 aromatic heterocycles. The zero-order chi connectivity index (χ0) is 18.8. The number of hydrogen-bond acceptors (Lipinski definition) is 4. The number of alkyl halides is 3. The van der Waals surface area contributed by atoms with E-state index in [2.05, 4.69) is 0 Å². The topological polar surface area (TPSA) is 72.5 Å². The van der Waals surface area contributed by atoms with E-state index in [4.69, 9.17) is 16.3 Å². The molecule has 0 heterocycles. The lowest BCUT2D eigenvalue weighted by molar-refractivity contribution is -0.137. The predicted octanol–water partition coefficient (Wildman–Crippen LogP) is 3.84. The highest BCUT2D eigenvalue weighted by Crippen LogP contribution is 2.40. The zero-order valence-electron chi connectivity index (χ0n) is 12.6. The van der Waals surface area contributed by atoms with Crippen molar-refractivity contribution in [2.45, 2.75) is 6.18 Å². The summed E-state index contributed by atoms with van der Waals surface area (Å²) in [6.07, 6.45) is -3.79. The molecule has 5 nitrogen and oxygen atoms in total. The van der Waals surface area contributed by atoms with Crippen molar-refractivity contribution in [2.75, 3.05) is 6.26 Å². The second kappa shape index (κ2) is 6.93. The number of benzene rings is 2. The highest BCUT2D eigenvalue weighted by atomic mass is 35.5. The minimum absolute atomic E-state index is 0.0351. The van der Waals surface area contributed by atoms with Crippen LogP contribution in [0.1, 0.15) is 15.9 Å². The Kier molecular flexibility index (Phi) is 5.28. The Morgan fingerprint density at radius 3 is 2.24 bits per heavy atom. The number of amides is 1. The molecule has 0 bridgehead atoms. The first-order valence-electron chi connectivity index (χ1n) is 6.63. The third-order valence-electron chi connectivity index (χ3n) is 2.89. The summed E-state index contributed by atoms with van der Waals surface area (Å²) in [5.41, 5.74) is -0.997. The molecule has 0 radical (unpaired) electrons. The van der Waals surface area contributed by atoms with E-state index in [1.54, 1.807) is 4.72 Å². The lowest BCUT2D eigenvalue weighted by Crippen LogP contribution is -2.29. The normalized spacial score (nSPS) is 11.9. The second-order valence-electron chi connectivity index (χ2n) is 4.95. The zero-order valence-corrected chi connectivity index (χ0v) is 14.2. The van der Waals surface area contributed by atoms with Crippen LogP contribution in [0.2, 0.25) is 5.02 Å². The van der Waals surface area contributed by atoms with Crippen LogP contribution in [-0.2, 0) is 16.2 Å². The highest BCUT2D eigenvalue weighted by Gasteiger charge is 2.34. The third kappa shape index (κ3) is 5.10. The molecule has 0 saturated carbocycles. The van der Waals surface area contributed by atoms with E-state index in [1.165, 1.54) is 30.3 Å². The van der Waals surface area contributed by atoms with Crippen molar-refractivity contribution in [3.8, 4) is 11.5 Å². The van der Waals surface area contributed by atoms with Gasteiger partial charge < -0.3 is 4.74 Å². The van der Waals surface area contributed by atoms with Crippen molar-refractivity contribution in [1.29, 1.82) is 0 Å². The molecule has 1 amide bonds. The second-order valence-corrected chi connectivity index (χ2v) is 7.07. The summed E-state index contributed by atoms with van der Waals surface area (Å²) in [7, 11) is -3.71. The number of sulfonamides is 1. The molecule has 25 heavy (non-hydrogen) atoms. The van der Waals surface area contributed by atoms with Crippen LogP contribution < -0.4 is 9.46 Å². The summed E-state index contributed by atoms with van der Waals surface area (Å²) in [4.78, 5) is 11.7. The first-order chi connectivity index (χ1) is 11.5. The minimum Gasteiger partial charge on any atom is -0.456 e. The summed E-state index contributed by atoms with van der Waals surface area (Å²) < 4.78 is 67.5. The molecule has 2 aromatic carbocycles. The number of halogens is 4. The highest BCUT2D eigenvalue weighted by molar-refractivity contribution is 7.89. The number of ether oxygens (including phenoxy) is 1. The summed E-state index contributed by atoms with van der Waals surface area (Å²) in [5, 5.41) is -0.589. The van der Waals surface area contributed by atoms with E-state index in [1.807, 2.05) is 0 Å². The van der Waals surface area contributed by atoms with E-state index in [0.29, 0.717) is 0 Å². The van der Waals surface area contributed by atoms with Crippen LogP contribution in [0.3, 0.4) is 0 Å². The van der Waals surface area contributed by atoms with Gasteiger partial charge in [0.1, 0.15) is 11.5 Å². The maximum absolute atomic E-state index is 12.8. The Morgan fingerprint density at radius 2 is 1.72 bits per heavy atom. The van der Waals surface area contributed by atoms with Gasteiger partial charge in [-0.2, -0.15) is 13.2 Å². The average molecular weight is 394 g/mol. The SMILES string of the molecule is CS(=O)(=O)NC(=O)c1ccc(Oc2cccc(C(F)(F)F)c2Cl)cc1. The molecule has 0 aliphatic heterocycles. The monoisotopic (exact) mass is 393 g/mol. The largest absolute Gasteiger partial charge is 0.456 e. The average Bonchev–Trinajstić information content (AvgIpc) is 2.47. The Hall–Kier alpha value is -2.26. The fourth-order valence-electron chi connectivity index (χ4n) is 1.84. The van der Waals surface area contributed by atoms with Crippen LogP contribution in [0.15, 0.2) is 42.5 Å². The van der Waals surface area contributed by atoms with Crippen molar-refractivity contribution in [2.24, 2.45) is 0 Å². The Morgan fingerprint density at radius 1 is 1.12 bits per heavy atom.